The Labute approximate surface area is 112 Å². The van der Waals surface area contributed by atoms with Gasteiger partial charge in [-0.1, -0.05) is 42.3 Å². The van der Waals surface area contributed by atoms with E-state index in [0.717, 1.165) is 16.3 Å². The Hall–Kier alpha value is -2.31. The van der Waals surface area contributed by atoms with Crippen LogP contribution in [0.15, 0.2) is 42.5 Å². The zero-order valence-corrected chi connectivity index (χ0v) is 10.7. The number of hydrogen-bond acceptors (Lipinski definition) is 3. The van der Waals surface area contributed by atoms with Gasteiger partial charge in [-0.15, -0.1) is 6.42 Å². The van der Waals surface area contributed by atoms with E-state index < -0.39 is 6.04 Å². The van der Waals surface area contributed by atoms with Gasteiger partial charge in [-0.25, -0.2) is 4.79 Å². The van der Waals surface area contributed by atoms with Gasteiger partial charge in [-0.05, 0) is 22.4 Å². The Kier molecular flexibility index (Phi) is 4.17. The van der Waals surface area contributed by atoms with Gasteiger partial charge in [-0.2, -0.15) is 0 Å². The summed E-state index contributed by atoms with van der Waals surface area (Å²) in [5.41, 5.74) is 0.848. The molecule has 0 saturated carbocycles. The van der Waals surface area contributed by atoms with Crippen LogP contribution in [-0.2, 0) is 9.53 Å². The molecule has 3 heteroatoms. The first-order valence-corrected chi connectivity index (χ1v) is 5.99. The average molecular weight is 253 g/mol. The molecule has 1 unspecified atom stereocenters. The van der Waals surface area contributed by atoms with Gasteiger partial charge in [0.05, 0.1) is 13.7 Å². The Balaban J connectivity index is 2.38. The molecule has 0 spiro atoms. The van der Waals surface area contributed by atoms with Crippen LogP contribution in [0.4, 0.5) is 0 Å². The molecule has 3 nitrogen and oxygen atoms in total. The van der Waals surface area contributed by atoms with Crippen LogP contribution >= 0.6 is 0 Å². The Morgan fingerprint density at radius 2 is 2.05 bits per heavy atom. The topological polar surface area (TPSA) is 38.3 Å². The number of nitrogens with one attached hydrogen (secondary N) is 1. The Morgan fingerprint density at radius 1 is 1.32 bits per heavy atom. The number of rotatable bonds is 4. The molecule has 19 heavy (non-hydrogen) atoms. The largest absolute Gasteiger partial charge is 0.468 e. The van der Waals surface area contributed by atoms with E-state index in [-0.39, 0.29) is 5.97 Å². The smallest absolute Gasteiger partial charge is 0.327 e. The number of terminal acetylenes is 1. The average Bonchev–Trinajstić information content (AvgIpc) is 2.47. The summed E-state index contributed by atoms with van der Waals surface area (Å²) in [6.07, 6.45) is 5.22. The van der Waals surface area contributed by atoms with Crippen LogP contribution in [0.2, 0.25) is 0 Å². The standard InChI is InChI=1S/C16H15NO2/c1-3-10-17-15(16(18)19-2)14-9-8-12-6-4-5-7-13(12)11-14/h1,4-9,11,15,17H,10H2,2H3. The SMILES string of the molecule is C#CCNC(C(=O)OC)c1ccc2ccccc2c1. The van der Waals surface area contributed by atoms with Crippen LogP contribution < -0.4 is 5.32 Å². The maximum absolute atomic E-state index is 11.8. The molecule has 0 saturated heterocycles. The minimum Gasteiger partial charge on any atom is -0.468 e. The first kappa shape index (κ1) is 13.1. The zero-order valence-electron chi connectivity index (χ0n) is 10.7. The molecule has 0 radical (unpaired) electrons. The van der Waals surface area contributed by atoms with Crippen LogP contribution in [0.1, 0.15) is 11.6 Å². The van der Waals surface area contributed by atoms with Crippen LogP contribution in [-0.4, -0.2) is 19.6 Å². The molecule has 0 aliphatic rings. The van der Waals surface area contributed by atoms with E-state index in [1.807, 2.05) is 42.5 Å². The summed E-state index contributed by atoms with van der Waals surface area (Å²) in [4.78, 5) is 11.8. The van der Waals surface area contributed by atoms with Crippen molar-refractivity contribution in [2.75, 3.05) is 13.7 Å². The Bertz CT molecular complexity index is 628. The van der Waals surface area contributed by atoms with E-state index in [0.29, 0.717) is 6.54 Å². The molecule has 1 atom stereocenters. The van der Waals surface area contributed by atoms with E-state index in [9.17, 15) is 4.79 Å². The van der Waals surface area contributed by atoms with Crippen molar-refractivity contribution >= 4 is 16.7 Å². The van der Waals surface area contributed by atoms with E-state index in [4.69, 9.17) is 11.2 Å². The van der Waals surface area contributed by atoms with Crippen molar-refractivity contribution in [3.05, 3.63) is 48.0 Å². The number of fused-ring (bicyclic) bond motifs is 1. The van der Waals surface area contributed by atoms with Crippen molar-refractivity contribution in [1.82, 2.24) is 5.32 Å². The van der Waals surface area contributed by atoms with Gasteiger partial charge in [0.25, 0.3) is 0 Å². The van der Waals surface area contributed by atoms with Gasteiger partial charge >= 0.3 is 5.97 Å². The normalized spacial score (nSPS) is 11.8. The molecule has 96 valence electrons. The molecule has 2 aromatic rings. The Morgan fingerprint density at radius 3 is 2.74 bits per heavy atom. The third-order valence-electron chi connectivity index (χ3n) is 2.95. The molecule has 2 aromatic carbocycles. The molecule has 2 rings (SSSR count). The summed E-state index contributed by atoms with van der Waals surface area (Å²) in [6, 6.07) is 13.3. The quantitative estimate of drug-likeness (QED) is 0.671. The van der Waals surface area contributed by atoms with E-state index in [1.165, 1.54) is 7.11 Å². The van der Waals surface area contributed by atoms with Gasteiger partial charge in [0.2, 0.25) is 0 Å². The fourth-order valence-corrected chi connectivity index (χ4v) is 2.00. The summed E-state index contributed by atoms with van der Waals surface area (Å²) in [7, 11) is 1.37. The highest BCUT2D eigenvalue weighted by molar-refractivity contribution is 5.85. The van der Waals surface area contributed by atoms with E-state index in [2.05, 4.69) is 11.2 Å². The summed E-state index contributed by atoms with van der Waals surface area (Å²) in [6.45, 7) is 0.312. The first-order chi connectivity index (χ1) is 9.26. The lowest BCUT2D eigenvalue weighted by Gasteiger charge is -2.16. The van der Waals surface area contributed by atoms with Gasteiger partial charge in [0, 0.05) is 0 Å². The van der Waals surface area contributed by atoms with Crippen LogP contribution in [0.25, 0.3) is 10.8 Å². The minimum atomic E-state index is -0.536. The third kappa shape index (κ3) is 2.93. The van der Waals surface area contributed by atoms with Crippen molar-refractivity contribution < 1.29 is 9.53 Å². The number of benzene rings is 2. The summed E-state index contributed by atoms with van der Waals surface area (Å²) in [5.74, 6) is 2.12. The molecule has 0 amide bonds. The highest BCUT2D eigenvalue weighted by Crippen LogP contribution is 2.21. The molecule has 0 heterocycles. The molecule has 0 aliphatic heterocycles. The summed E-state index contributed by atoms with van der Waals surface area (Å²) in [5, 5.41) is 5.20. The van der Waals surface area contributed by atoms with Crippen LogP contribution in [0, 0.1) is 12.3 Å². The van der Waals surface area contributed by atoms with E-state index in [1.54, 1.807) is 0 Å². The summed E-state index contributed by atoms with van der Waals surface area (Å²) >= 11 is 0. The molecule has 0 fully saturated rings. The van der Waals surface area contributed by atoms with Gasteiger partial charge in [-0.3, -0.25) is 5.32 Å². The third-order valence-corrected chi connectivity index (χ3v) is 2.95. The molecule has 0 bridgehead atoms. The number of hydrogen-bond donors (Lipinski definition) is 1. The first-order valence-electron chi connectivity index (χ1n) is 5.99. The maximum Gasteiger partial charge on any atom is 0.327 e. The second-order valence-electron chi connectivity index (χ2n) is 4.15. The van der Waals surface area contributed by atoms with Crippen molar-refractivity contribution in [3.8, 4) is 12.3 Å². The predicted molar refractivity (Wildman–Crippen MR) is 75.5 cm³/mol. The lowest BCUT2D eigenvalue weighted by Crippen LogP contribution is -2.29. The number of carbonyl (C=O) groups is 1. The predicted octanol–water partition coefficient (Wildman–Crippen LogP) is 2.28. The number of methoxy groups -OCH3 is 1. The molecule has 0 aliphatic carbocycles. The van der Waals surface area contributed by atoms with Crippen molar-refractivity contribution in [1.29, 1.82) is 0 Å². The summed E-state index contributed by atoms with van der Waals surface area (Å²) < 4.78 is 4.81. The highest BCUT2D eigenvalue weighted by Gasteiger charge is 2.20. The van der Waals surface area contributed by atoms with Crippen LogP contribution in [0.5, 0.6) is 0 Å². The van der Waals surface area contributed by atoms with Crippen molar-refractivity contribution in [3.63, 3.8) is 0 Å². The lowest BCUT2D eigenvalue weighted by atomic mass is 10.0. The van der Waals surface area contributed by atoms with E-state index >= 15 is 0 Å². The fraction of sp³-hybridized carbons (Fsp3) is 0.188. The number of esters is 1. The lowest BCUT2D eigenvalue weighted by molar-refractivity contribution is -0.143. The molecule has 1 N–H and O–H groups in total. The van der Waals surface area contributed by atoms with Crippen molar-refractivity contribution in [2.45, 2.75) is 6.04 Å². The van der Waals surface area contributed by atoms with Crippen LogP contribution in [0.3, 0.4) is 0 Å². The monoisotopic (exact) mass is 253 g/mol. The number of ether oxygens (including phenoxy) is 1. The van der Waals surface area contributed by atoms with Gasteiger partial charge in [0.1, 0.15) is 6.04 Å². The maximum atomic E-state index is 11.8. The zero-order chi connectivity index (χ0) is 13.7. The van der Waals surface area contributed by atoms with Crippen molar-refractivity contribution in [2.24, 2.45) is 0 Å². The number of carbonyl (C=O) groups excluding carboxylic acids is 1. The fourth-order valence-electron chi connectivity index (χ4n) is 2.00. The van der Waals surface area contributed by atoms with Gasteiger partial charge in [0.15, 0.2) is 0 Å². The second kappa shape index (κ2) is 6.03. The molecule has 0 aromatic heterocycles. The molecular formula is C16H15NO2. The molecular weight excluding hydrogens is 238 g/mol. The van der Waals surface area contributed by atoms with Gasteiger partial charge < -0.3 is 4.74 Å². The minimum absolute atomic E-state index is 0.312. The second-order valence-corrected chi connectivity index (χ2v) is 4.15. The highest BCUT2D eigenvalue weighted by atomic mass is 16.5.